The van der Waals surface area contributed by atoms with Crippen molar-refractivity contribution >= 4 is 54.0 Å². The minimum absolute atomic E-state index is 0.0815. The molecule has 0 unspecified atom stereocenters. The summed E-state index contributed by atoms with van der Waals surface area (Å²) in [6.07, 6.45) is 4.26. The highest BCUT2D eigenvalue weighted by molar-refractivity contribution is 7.91. The fourth-order valence-corrected chi connectivity index (χ4v) is 8.09. The van der Waals surface area contributed by atoms with Crippen molar-refractivity contribution in [3.05, 3.63) is 59.7 Å². The molecule has 3 aromatic heterocycles. The lowest BCUT2D eigenvalue weighted by Crippen LogP contribution is -2.44. The second kappa shape index (κ2) is 10.7. The number of pyridine rings is 1. The van der Waals surface area contributed by atoms with Crippen molar-refractivity contribution in [2.75, 3.05) is 32.2 Å². The van der Waals surface area contributed by atoms with Gasteiger partial charge in [-0.25, -0.2) is 13.4 Å². The Labute approximate surface area is 223 Å². The first-order valence-electron chi connectivity index (χ1n) is 11.7. The van der Waals surface area contributed by atoms with Gasteiger partial charge in [-0.15, -0.1) is 11.3 Å². The highest BCUT2D eigenvalue weighted by Gasteiger charge is 2.35. The zero-order valence-corrected chi connectivity index (χ0v) is 22.8. The van der Waals surface area contributed by atoms with E-state index in [1.165, 1.54) is 27.0 Å². The van der Waals surface area contributed by atoms with Gasteiger partial charge in [0.15, 0.2) is 5.13 Å². The van der Waals surface area contributed by atoms with E-state index in [9.17, 15) is 13.2 Å². The van der Waals surface area contributed by atoms with Crippen molar-refractivity contribution in [2.24, 2.45) is 5.92 Å². The van der Waals surface area contributed by atoms with Crippen molar-refractivity contribution in [3.8, 4) is 11.5 Å². The third-order valence-corrected chi connectivity index (χ3v) is 10.7. The molecule has 4 heterocycles. The maximum absolute atomic E-state index is 13.9. The Hall–Kier alpha value is -3.06. The van der Waals surface area contributed by atoms with Gasteiger partial charge in [-0.05, 0) is 54.1 Å². The van der Waals surface area contributed by atoms with Crippen LogP contribution in [0.2, 0.25) is 0 Å². The first-order valence-corrected chi connectivity index (χ1v) is 14.8. The third kappa shape index (κ3) is 5.06. The Morgan fingerprint density at radius 2 is 1.78 bits per heavy atom. The van der Waals surface area contributed by atoms with Gasteiger partial charge < -0.3 is 9.47 Å². The van der Waals surface area contributed by atoms with Crippen LogP contribution in [0.5, 0.6) is 11.5 Å². The van der Waals surface area contributed by atoms with E-state index in [4.69, 9.17) is 14.5 Å². The van der Waals surface area contributed by atoms with Gasteiger partial charge in [0.2, 0.25) is 5.91 Å². The summed E-state index contributed by atoms with van der Waals surface area (Å²) in [4.78, 5) is 24.5. The van der Waals surface area contributed by atoms with Gasteiger partial charge in [0.05, 0.1) is 20.8 Å². The quantitative estimate of drug-likeness (QED) is 0.316. The second-order valence-electron chi connectivity index (χ2n) is 8.53. The fraction of sp³-hybridized carbons (Fsp3) is 0.320. The van der Waals surface area contributed by atoms with Gasteiger partial charge in [-0.2, -0.15) is 4.31 Å². The van der Waals surface area contributed by atoms with Crippen LogP contribution in [-0.4, -0.2) is 55.9 Å². The lowest BCUT2D eigenvalue weighted by molar-refractivity contribution is -0.123. The molecule has 1 amide bonds. The topological polar surface area (TPSA) is 102 Å². The zero-order chi connectivity index (χ0) is 26.0. The van der Waals surface area contributed by atoms with E-state index in [0.717, 1.165) is 10.3 Å². The molecule has 0 N–H and O–H groups in total. The predicted molar refractivity (Wildman–Crippen MR) is 144 cm³/mol. The number of carbonyl (C=O) groups excluding carboxylic acids is 1. The number of hydrogen-bond donors (Lipinski definition) is 0. The molecule has 1 aliphatic rings. The van der Waals surface area contributed by atoms with E-state index in [1.54, 1.807) is 55.1 Å². The molecular formula is C25H26N4O5S3. The maximum atomic E-state index is 13.9. The second-order valence-corrected chi connectivity index (χ2v) is 12.6. The molecule has 0 atom stereocenters. The average Bonchev–Trinajstić information content (AvgIpc) is 3.63. The van der Waals surface area contributed by atoms with E-state index < -0.39 is 10.0 Å². The number of fused-ring (bicyclic) bond motifs is 1. The van der Waals surface area contributed by atoms with E-state index in [0.29, 0.717) is 58.8 Å². The number of carbonyl (C=O) groups is 1. The lowest BCUT2D eigenvalue weighted by atomic mass is 9.96. The summed E-state index contributed by atoms with van der Waals surface area (Å²) in [7, 11) is -0.362. The first-order chi connectivity index (χ1) is 17.9. The Morgan fingerprint density at radius 1 is 1.08 bits per heavy atom. The summed E-state index contributed by atoms with van der Waals surface area (Å²) in [5.74, 6) is 0.846. The molecular weight excluding hydrogens is 532 g/mol. The van der Waals surface area contributed by atoms with Crippen molar-refractivity contribution in [1.29, 1.82) is 0 Å². The molecule has 37 heavy (non-hydrogen) atoms. The number of sulfonamides is 1. The molecule has 194 valence electrons. The summed E-state index contributed by atoms with van der Waals surface area (Å²) in [5, 5.41) is 2.29. The molecule has 1 aliphatic heterocycles. The SMILES string of the molecule is COc1ccc(OC)c2sc(N(Cc3ccncc3)C(=O)C3CCN(S(=O)(=O)c4cccs4)CC3)nc12. The van der Waals surface area contributed by atoms with E-state index in [1.807, 2.05) is 18.2 Å². The number of piperidine rings is 1. The summed E-state index contributed by atoms with van der Waals surface area (Å²) in [6, 6.07) is 10.7. The maximum Gasteiger partial charge on any atom is 0.252 e. The molecule has 1 aromatic carbocycles. The molecule has 0 spiro atoms. The number of hydrogen-bond acceptors (Lipinski definition) is 9. The molecule has 0 bridgehead atoms. The van der Waals surface area contributed by atoms with Crippen LogP contribution >= 0.6 is 22.7 Å². The van der Waals surface area contributed by atoms with Crippen LogP contribution in [0, 0.1) is 5.92 Å². The normalized spacial score (nSPS) is 15.1. The predicted octanol–water partition coefficient (Wildman–Crippen LogP) is 4.40. The summed E-state index contributed by atoms with van der Waals surface area (Å²) in [5.41, 5.74) is 1.55. The van der Waals surface area contributed by atoms with Crippen LogP contribution in [0.25, 0.3) is 10.2 Å². The van der Waals surface area contributed by atoms with Crippen LogP contribution in [0.1, 0.15) is 18.4 Å². The monoisotopic (exact) mass is 558 g/mol. The Morgan fingerprint density at radius 3 is 2.43 bits per heavy atom. The number of thiophene rings is 1. The van der Waals surface area contributed by atoms with E-state index in [2.05, 4.69) is 4.98 Å². The number of benzene rings is 1. The zero-order valence-electron chi connectivity index (χ0n) is 20.4. The number of anilines is 1. The summed E-state index contributed by atoms with van der Waals surface area (Å²) >= 11 is 2.57. The summed E-state index contributed by atoms with van der Waals surface area (Å²) in [6.45, 7) is 0.905. The van der Waals surface area contributed by atoms with Crippen molar-refractivity contribution < 1.29 is 22.7 Å². The van der Waals surface area contributed by atoms with Crippen LogP contribution in [-0.2, 0) is 21.4 Å². The van der Waals surface area contributed by atoms with Gasteiger partial charge in [0.1, 0.15) is 25.9 Å². The minimum atomic E-state index is -3.54. The number of methoxy groups -OCH3 is 2. The third-order valence-electron chi connectivity index (χ3n) is 6.38. The van der Waals surface area contributed by atoms with Gasteiger partial charge in [0, 0.05) is 31.4 Å². The Bertz CT molecular complexity index is 1440. The largest absolute Gasteiger partial charge is 0.495 e. The smallest absolute Gasteiger partial charge is 0.252 e. The van der Waals surface area contributed by atoms with E-state index in [-0.39, 0.29) is 11.8 Å². The minimum Gasteiger partial charge on any atom is -0.495 e. The number of amides is 1. The Balaban J connectivity index is 1.44. The average molecular weight is 559 g/mol. The van der Waals surface area contributed by atoms with Crippen molar-refractivity contribution in [1.82, 2.24) is 14.3 Å². The number of ether oxygens (including phenoxy) is 2. The molecule has 1 fully saturated rings. The standard InChI is InChI=1S/C25H26N4O5S3/c1-33-19-5-6-20(34-2)23-22(19)27-25(36-23)29(16-17-7-11-26-12-8-17)24(30)18-9-13-28(14-10-18)37(31,32)21-4-3-15-35-21/h3-8,11-12,15,18H,9-10,13-14,16H2,1-2H3. The van der Waals surface area contributed by atoms with Crippen LogP contribution < -0.4 is 14.4 Å². The number of nitrogens with zero attached hydrogens (tertiary/aromatic N) is 4. The Kier molecular flexibility index (Phi) is 7.43. The van der Waals surface area contributed by atoms with Gasteiger partial charge in [-0.3, -0.25) is 14.7 Å². The molecule has 5 rings (SSSR count). The van der Waals surface area contributed by atoms with Crippen LogP contribution in [0.15, 0.2) is 58.4 Å². The first kappa shape index (κ1) is 25.6. The molecule has 12 heteroatoms. The number of thiazole rings is 1. The van der Waals surface area contributed by atoms with Crippen LogP contribution in [0.4, 0.5) is 5.13 Å². The van der Waals surface area contributed by atoms with Crippen LogP contribution in [0.3, 0.4) is 0 Å². The highest BCUT2D eigenvalue weighted by atomic mass is 32.2. The van der Waals surface area contributed by atoms with Gasteiger partial charge >= 0.3 is 0 Å². The van der Waals surface area contributed by atoms with Crippen molar-refractivity contribution in [2.45, 2.75) is 23.6 Å². The number of rotatable bonds is 8. The number of aromatic nitrogens is 2. The molecule has 0 aliphatic carbocycles. The fourth-order valence-electron chi connectivity index (χ4n) is 4.40. The molecule has 0 radical (unpaired) electrons. The molecule has 1 saturated heterocycles. The summed E-state index contributed by atoms with van der Waals surface area (Å²) < 4.78 is 39.5. The van der Waals surface area contributed by atoms with Crippen molar-refractivity contribution in [3.63, 3.8) is 0 Å². The van der Waals surface area contributed by atoms with Gasteiger partial charge in [0.25, 0.3) is 10.0 Å². The molecule has 9 nitrogen and oxygen atoms in total. The molecule has 4 aromatic rings. The lowest BCUT2D eigenvalue weighted by Gasteiger charge is -2.32. The van der Waals surface area contributed by atoms with Gasteiger partial charge in [-0.1, -0.05) is 17.4 Å². The van der Waals surface area contributed by atoms with E-state index >= 15 is 0 Å². The highest BCUT2D eigenvalue weighted by Crippen LogP contribution is 2.41. The molecule has 0 saturated carbocycles.